The van der Waals surface area contributed by atoms with E-state index < -0.39 is 12.0 Å². The van der Waals surface area contributed by atoms with Crippen molar-refractivity contribution in [2.45, 2.75) is 19.4 Å². The van der Waals surface area contributed by atoms with E-state index >= 15 is 0 Å². The van der Waals surface area contributed by atoms with Crippen LogP contribution in [0.2, 0.25) is 0 Å². The minimum absolute atomic E-state index is 0.164. The van der Waals surface area contributed by atoms with E-state index in [1.54, 1.807) is 26.2 Å². The molecule has 0 saturated carbocycles. The van der Waals surface area contributed by atoms with E-state index in [1.807, 2.05) is 12.1 Å². The molecule has 0 spiro atoms. The van der Waals surface area contributed by atoms with Crippen LogP contribution in [0.25, 0.3) is 0 Å². The molecule has 110 valence electrons. The number of carbonyl (C=O) groups is 2. The Morgan fingerprint density at radius 3 is 2.50 bits per heavy atom. The Bertz CT molecular complexity index is 445. The summed E-state index contributed by atoms with van der Waals surface area (Å²) in [6, 6.07) is 6.59. The largest absolute Gasteiger partial charge is 0.497 e. The first-order chi connectivity index (χ1) is 9.56. The van der Waals surface area contributed by atoms with Crippen molar-refractivity contribution in [3.8, 4) is 5.75 Å². The van der Waals surface area contributed by atoms with Crippen molar-refractivity contribution in [1.29, 1.82) is 0 Å². The van der Waals surface area contributed by atoms with Crippen LogP contribution in [0.3, 0.4) is 0 Å². The lowest BCUT2D eigenvalue weighted by Crippen LogP contribution is -2.44. The SMILES string of the molecule is CCOC(=O)CNC(=O)C(N)Cc1ccc(OC)cc1. The molecule has 6 heteroatoms. The molecule has 0 aliphatic carbocycles. The Balaban J connectivity index is 2.42. The lowest BCUT2D eigenvalue weighted by molar-refractivity contribution is -0.143. The molecule has 0 aliphatic rings. The van der Waals surface area contributed by atoms with E-state index in [4.69, 9.17) is 15.2 Å². The molecule has 6 nitrogen and oxygen atoms in total. The van der Waals surface area contributed by atoms with Crippen LogP contribution in [0.4, 0.5) is 0 Å². The van der Waals surface area contributed by atoms with Crippen molar-refractivity contribution in [2.24, 2.45) is 5.73 Å². The molecule has 1 atom stereocenters. The quantitative estimate of drug-likeness (QED) is 0.698. The second-order valence-electron chi connectivity index (χ2n) is 4.18. The van der Waals surface area contributed by atoms with Crippen LogP contribution in [0.15, 0.2) is 24.3 Å². The Labute approximate surface area is 118 Å². The molecule has 20 heavy (non-hydrogen) atoms. The van der Waals surface area contributed by atoms with Gasteiger partial charge in [0.15, 0.2) is 0 Å². The molecule has 1 unspecified atom stereocenters. The first-order valence-electron chi connectivity index (χ1n) is 6.38. The molecule has 1 amide bonds. The van der Waals surface area contributed by atoms with Crippen molar-refractivity contribution in [3.63, 3.8) is 0 Å². The highest BCUT2D eigenvalue weighted by Crippen LogP contribution is 2.12. The molecular formula is C14H20N2O4. The van der Waals surface area contributed by atoms with E-state index in [0.717, 1.165) is 11.3 Å². The van der Waals surface area contributed by atoms with Crippen molar-refractivity contribution in [3.05, 3.63) is 29.8 Å². The topological polar surface area (TPSA) is 90.7 Å². The number of hydrogen-bond donors (Lipinski definition) is 2. The number of nitrogens with two attached hydrogens (primary N) is 1. The summed E-state index contributed by atoms with van der Waals surface area (Å²) in [6.07, 6.45) is 0.388. The van der Waals surface area contributed by atoms with Crippen molar-refractivity contribution in [1.82, 2.24) is 5.32 Å². The second kappa shape index (κ2) is 8.16. The predicted octanol–water partition coefficient (Wildman–Crippen LogP) is 0.244. The molecule has 0 aromatic heterocycles. The average Bonchev–Trinajstić information content (AvgIpc) is 2.45. The van der Waals surface area contributed by atoms with Gasteiger partial charge in [-0.25, -0.2) is 0 Å². The molecule has 1 aromatic carbocycles. The zero-order chi connectivity index (χ0) is 15.0. The predicted molar refractivity (Wildman–Crippen MR) is 74.3 cm³/mol. The van der Waals surface area contributed by atoms with Crippen LogP contribution in [-0.2, 0) is 20.7 Å². The number of benzene rings is 1. The summed E-state index contributed by atoms with van der Waals surface area (Å²) >= 11 is 0. The molecule has 0 heterocycles. The molecule has 0 saturated heterocycles. The molecule has 0 aliphatic heterocycles. The number of hydrogen-bond acceptors (Lipinski definition) is 5. The smallest absolute Gasteiger partial charge is 0.325 e. The number of nitrogens with one attached hydrogen (secondary N) is 1. The van der Waals surface area contributed by atoms with E-state index in [1.165, 1.54) is 0 Å². The van der Waals surface area contributed by atoms with Gasteiger partial charge in [-0.05, 0) is 31.0 Å². The first kappa shape index (κ1) is 16.0. The highest BCUT2D eigenvalue weighted by molar-refractivity contribution is 5.85. The third-order valence-electron chi connectivity index (χ3n) is 2.66. The van der Waals surface area contributed by atoms with Crippen LogP contribution >= 0.6 is 0 Å². The zero-order valence-corrected chi connectivity index (χ0v) is 11.7. The number of carbonyl (C=O) groups excluding carboxylic acids is 2. The van der Waals surface area contributed by atoms with Gasteiger partial charge in [0.25, 0.3) is 0 Å². The Hall–Kier alpha value is -2.08. The minimum Gasteiger partial charge on any atom is -0.497 e. The number of ether oxygens (including phenoxy) is 2. The van der Waals surface area contributed by atoms with Crippen molar-refractivity contribution in [2.75, 3.05) is 20.3 Å². The number of methoxy groups -OCH3 is 1. The van der Waals surface area contributed by atoms with E-state index in [-0.39, 0.29) is 19.1 Å². The summed E-state index contributed by atoms with van der Waals surface area (Å²) in [7, 11) is 1.59. The van der Waals surface area contributed by atoms with E-state index in [0.29, 0.717) is 6.42 Å². The fourth-order valence-corrected chi connectivity index (χ4v) is 1.61. The van der Waals surface area contributed by atoms with E-state index in [2.05, 4.69) is 5.32 Å². The maximum atomic E-state index is 11.7. The lowest BCUT2D eigenvalue weighted by Gasteiger charge is -2.12. The first-order valence-corrected chi connectivity index (χ1v) is 6.38. The van der Waals surface area contributed by atoms with Gasteiger partial charge in [0.05, 0.1) is 19.8 Å². The Morgan fingerprint density at radius 2 is 1.95 bits per heavy atom. The number of esters is 1. The van der Waals surface area contributed by atoms with Crippen molar-refractivity contribution >= 4 is 11.9 Å². The second-order valence-corrected chi connectivity index (χ2v) is 4.18. The fourth-order valence-electron chi connectivity index (χ4n) is 1.61. The average molecular weight is 280 g/mol. The van der Waals surface area contributed by atoms with Gasteiger partial charge in [-0.3, -0.25) is 9.59 Å². The standard InChI is InChI=1S/C14H20N2O4/c1-3-20-13(17)9-16-14(18)12(15)8-10-4-6-11(19-2)7-5-10/h4-7,12H,3,8-9,15H2,1-2H3,(H,16,18). The van der Waals surface area contributed by atoms with Gasteiger partial charge in [0, 0.05) is 0 Å². The maximum Gasteiger partial charge on any atom is 0.325 e. The maximum absolute atomic E-state index is 11.7. The summed E-state index contributed by atoms with van der Waals surface area (Å²) in [5.41, 5.74) is 6.71. The fraction of sp³-hybridized carbons (Fsp3) is 0.429. The highest BCUT2D eigenvalue weighted by atomic mass is 16.5. The van der Waals surface area contributed by atoms with Gasteiger partial charge in [0.1, 0.15) is 12.3 Å². The molecular weight excluding hydrogens is 260 g/mol. The number of amides is 1. The Kier molecular flexibility index (Phi) is 6.52. The molecule has 1 rings (SSSR count). The molecule has 3 N–H and O–H groups in total. The van der Waals surface area contributed by atoms with Crippen LogP contribution in [0.5, 0.6) is 5.75 Å². The zero-order valence-electron chi connectivity index (χ0n) is 11.7. The van der Waals surface area contributed by atoms with Crippen molar-refractivity contribution < 1.29 is 19.1 Å². The molecule has 0 bridgehead atoms. The number of rotatable bonds is 7. The van der Waals surface area contributed by atoms with Gasteiger partial charge in [-0.1, -0.05) is 12.1 Å². The molecule has 0 fully saturated rings. The van der Waals surface area contributed by atoms with Crippen LogP contribution in [0, 0.1) is 0 Å². The van der Waals surface area contributed by atoms with Gasteiger partial charge in [-0.2, -0.15) is 0 Å². The monoisotopic (exact) mass is 280 g/mol. The lowest BCUT2D eigenvalue weighted by atomic mass is 10.1. The summed E-state index contributed by atoms with van der Waals surface area (Å²) in [4.78, 5) is 22.8. The third-order valence-corrected chi connectivity index (χ3v) is 2.66. The summed E-state index contributed by atoms with van der Waals surface area (Å²) in [5, 5.41) is 2.45. The summed E-state index contributed by atoms with van der Waals surface area (Å²) in [6.45, 7) is 1.82. The van der Waals surface area contributed by atoms with Gasteiger partial charge in [-0.15, -0.1) is 0 Å². The summed E-state index contributed by atoms with van der Waals surface area (Å²) < 4.78 is 9.76. The molecule has 0 radical (unpaired) electrons. The van der Waals surface area contributed by atoms with Gasteiger partial charge in [0.2, 0.25) is 5.91 Å². The van der Waals surface area contributed by atoms with E-state index in [9.17, 15) is 9.59 Å². The summed E-state index contributed by atoms with van der Waals surface area (Å²) in [5.74, 6) is -0.111. The normalized spacial score (nSPS) is 11.6. The third kappa shape index (κ3) is 5.27. The van der Waals surface area contributed by atoms with Crippen LogP contribution < -0.4 is 15.8 Å². The molecule has 1 aromatic rings. The minimum atomic E-state index is -0.710. The highest BCUT2D eigenvalue weighted by Gasteiger charge is 2.15. The van der Waals surface area contributed by atoms with Crippen LogP contribution in [-0.4, -0.2) is 38.2 Å². The van der Waals surface area contributed by atoms with Gasteiger partial charge >= 0.3 is 5.97 Å². The van der Waals surface area contributed by atoms with Gasteiger partial charge < -0.3 is 20.5 Å². The van der Waals surface area contributed by atoms with Crippen LogP contribution in [0.1, 0.15) is 12.5 Å². The Morgan fingerprint density at radius 1 is 1.30 bits per heavy atom.